The fourth-order valence-corrected chi connectivity index (χ4v) is 3.58. The molecule has 1 aromatic heterocycles. The molecule has 2 aliphatic rings. The van der Waals surface area contributed by atoms with E-state index in [0.717, 1.165) is 56.0 Å². The molecule has 1 saturated carbocycles. The summed E-state index contributed by atoms with van der Waals surface area (Å²) in [4.78, 5) is 11.7. The molecule has 2 heterocycles. The summed E-state index contributed by atoms with van der Waals surface area (Å²) in [7, 11) is 5.99. The van der Waals surface area contributed by atoms with Crippen molar-refractivity contribution >= 4 is 29.9 Å². The second kappa shape index (κ2) is 10.6. The lowest BCUT2D eigenvalue weighted by Gasteiger charge is -2.26. The van der Waals surface area contributed by atoms with Gasteiger partial charge in [-0.1, -0.05) is 0 Å². The van der Waals surface area contributed by atoms with Gasteiger partial charge >= 0.3 is 0 Å². The van der Waals surface area contributed by atoms with E-state index >= 15 is 0 Å². The van der Waals surface area contributed by atoms with Crippen LogP contribution in [0.2, 0.25) is 0 Å². The Morgan fingerprint density at radius 3 is 2.78 bits per heavy atom. The van der Waals surface area contributed by atoms with Gasteiger partial charge in [-0.15, -0.1) is 24.0 Å². The summed E-state index contributed by atoms with van der Waals surface area (Å²) in [6.45, 7) is 5.09. The number of ether oxygens (including phenoxy) is 1. The Hall–Kier alpha value is -0.940. The zero-order valence-corrected chi connectivity index (χ0v) is 19.3. The van der Waals surface area contributed by atoms with Gasteiger partial charge in [0.1, 0.15) is 12.4 Å². The second-order valence-electron chi connectivity index (χ2n) is 7.53. The number of fused-ring (bicyclic) bond motifs is 1. The smallest absolute Gasteiger partial charge is 0.191 e. The standard InChI is InChI=1S/C18H33N7O.HI/c1-5-19-18(20-10-15(24(2)3)13-6-7-13)21-14-8-9-17-22-16(12-26-4)23-25(17)11-14;/h13-15H,5-12H2,1-4H3,(H2,19,20,21);1H. The SMILES string of the molecule is CCNC(=NCC(C1CC1)N(C)C)NC1CCc2nc(COC)nn2C1.I. The van der Waals surface area contributed by atoms with Gasteiger partial charge in [-0.2, -0.15) is 5.10 Å². The number of aryl methyl sites for hydroxylation is 1. The van der Waals surface area contributed by atoms with Crippen LogP contribution in [0.5, 0.6) is 0 Å². The molecule has 0 aromatic carbocycles. The molecule has 8 nitrogen and oxygen atoms in total. The van der Waals surface area contributed by atoms with Crippen LogP contribution in [0.3, 0.4) is 0 Å². The Morgan fingerprint density at radius 2 is 2.15 bits per heavy atom. The van der Waals surface area contributed by atoms with E-state index in [1.807, 2.05) is 4.68 Å². The first-order valence-electron chi connectivity index (χ1n) is 9.73. The molecule has 1 aliphatic heterocycles. The van der Waals surface area contributed by atoms with E-state index in [1.165, 1.54) is 12.8 Å². The van der Waals surface area contributed by atoms with Gasteiger partial charge < -0.3 is 20.3 Å². The van der Waals surface area contributed by atoms with Crippen LogP contribution in [0, 0.1) is 5.92 Å². The van der Waals surface area contributed by atoms with Crippen molar-refractivity contribution in [3.8, 4) is 0 Å². The average molecular weight is 491 g/mol. The van der Waals surface area contributed by atoms with Crippen LogP contribution in [0.4, 0.5) is 0 Å². The van der Waals surface area contributed by atoms with Gasteiger partial charge in [-0.25, -0.2) is 9.67 Å². The van der Waals surface area contributed by atoms with Crippen LogP contribution in [0.25, 0.3) is 0 Å². The topological polar surface area (TPSA) is 79.6 Å². The molecule has 9 heteroatoms. The Balaban J connectivity index is 0.00000261. The highest BCUT2D eigenvalue weighted by molar-refractivity contribution is 14.0. The minimum atomic E-state index is 0. The number of methoxy groups -OCH3 is 1. The van der Waals surface area contributed by atoms with Crippen LogP contribution in [-0.4, -0.2) is 72.0 Å². The second-order valence-corrected chi connectivity index (χ2v) is 7.53. The molecular formula is C18H34IN7O. The Morgan fingerprint density at radius 1 is 1.37 bits per heavy atom. The fraction of sp³-hybridized carbons (Fsp3) is 0.833. The van der Waals surface area contributed by atoms with E-state index < -0.39 is 0 Å². The van der Waals surface area contributed by atoms with E-state index in [9.17, 15) is 0 Å². The number of aliphatic imine (C=N–C) groups is 1. The van der Waals surface area contributed by atoms with Crippen LogP contribution in [0.15, 0.2) is 4.99 Å². The predicted octanol–water partition coefficient (Wildman–Crippen LogP) is 1.25. The number of halogens is 1. The number of nitrogens with zero attached hydrogens (tertiary/aromatic N) is 5. The number of guanidine groups is 1. The third-order valence-corrected chi connectivity index (χ3v) is 5.13. The van der Waals surface area contributed by atoms with Crippen LogP contribution >= 0.6 is 24.0 Å². The number of nitrogens with one attached hydrogen (secondary N) is 2. The third-order valence-electron chi connectivity index (χ3n) is 5.13. The highest BCUT2D eigenvalue weighted by Crippen LogP contribution is 2.34. The van der Waals surface area contributed by atoms with E-state index in [1.54, 1.807) is 7.11 Å². The monoisotopic (exact) mass is 491 g/mol. The minimum absolute atomic E-state index is 0. The van der Waals surface area contributed by atoms with Crippen molar-refractivity contribution in [2.24, 2.45) is 10.9 Å². The number of likely N-dealkylation sites (N-methyl/N-ethyl adjacent to an activating group) is 1. The van der Waals surface area contributed by atoms with E-state index in [-0.39, 0.29) is 24.0 Å². The first-order valence-corrected chi connectivity index (χ1v) is 9.73. The summed E-state index contributed by atoms with van der Waals surface area (Å²) in [5, 5.41) is 11.5. The molecule has 2 atom stereocenters. The van der Waals surface area contributed by atoms with Crippen LogP contribution in [-0.2, 0) is 24.3 Å². The molecule has 2 unspecified atom stereocenters. The highest BCUT2D eigenvalue weighted by atomic mass is 127. The quantitative estimate of drug-likeness (QED) is 0.324. The van der Waals surface area contributed by atoms with Crippen LogP contribution in [0.1, 0.15) is 37.8 Å². The van der Waals surface area contributed by atoms with Crippen molar-refractivity contribution in [1.82, 2.24) is 30.3 Å². The van der Waals surface area contributed by atoms with Gasteiger partial charge in [0.25, 0.3) is 0 Å². The Bertz CT molecular complexity index is 613. The molecule has 2 N–H and O–H groups in total. The number of rotatable bonds is 8. The number of hydrogen-bond acceptors (Lipinski definition) is 5. The highest BCUT2D eigenvalue weighted by Gasteiger charge is 2.32. The first-order chi connectivity index (χ1) is 12.6. The molecule has 3 rings (SSSR count). The van der Waals surface area contributed by atoms with Crippen molar-refractivity contribution in [2.75, 3.05) is 34.3 Å². The van der Waals surface area contributed by atoms with Gasteiger partial charge in [0.2, 0.25) is 0 Å². The number of hydrogen-bond donors (Lipinski definition) is 2. The maximum atomic E-state index is 5.14. The minimum Gasteiger partial charge on any atom is -0.377 e. The molecule has 0 saturated heterocycles. The molecule has 1 aliphatic carbocycles. The van der Waals surface area contributed by atoms with E-state index in [4.69, 9.17) is 9.73 Å². The zero-order valence-electron chi connectivity index (χ0n) is 16.9. The summed E-state index contributed by atoms with van der Waals surface area (Å²) < 4.78 is 7.15. The van der Waals surface area contributed by atoms with E-state index in [2.05, 4.69) is 46.6 Å². The van der Waals surface area contributed by atoms with Crippen molar-refractivity contribution in [3.63, 3.8) is 0 Å². The summed E-state index contributed by atoms with van der Waals surface area (Å²) in [5.74, 6) is 3.54. The lowest BCUT2D eigenvalue weighted by molar-refractivity contribution is 0.177. The van der Waals surface area contributed by atoms with E-state index in [0.29, 0.717) is 18.7 Å². The van der Waals surface area contributed by atoms with Gasteiger partial charge in [-0.3, -0.25) is 4.99 Å². The molecule has 27 heavy (non-hydrogen) atoms. The normalized spacial score (nSPS) is 20.8. The van der Waals surface area contributed by atoms with Crippen molar-refractivity contribution in [3.05, 3.63) is 11.6 Å². The first kappa shape index (κ1) is 22.4. The lowest BCUT2D eigenvalue weighted by Crippen LogP contribution is -2.47. The lowest BCUT2D eigenvalue weighted by atomic mass is 10.1. The van der Waals surface area contributed by atoms with Crippen molar-refractivity contribution in [1.29, 1.82) is 0 Å². The van der Waals surface area contributed by atoms with Gasteiger partial charge in [0.05, 0.1) is 13.1 Å². The molecule has 0 amide bonds. The zero-order chi connectivity index (χ0) is 18.5. The summed E-state index contributed by atoms with van der Waals surface area (Å²) in [6, 6.07) is 0.853. The van der Waals surface area contributed by atoms with Crippen LogP contribution < -0.4 is 10.6 Å². The molecular weight excluding hydrogens is 457 g/mol. The van der Waals surface area contributed by atoms with Crippen molar-refractivity contribution < 1.29 is 4.74 Å². The Labute approximate surface area is 179 Å². The average Bonchev–Trinajstić information content (AvgIpc) is 3.35. The largest absolute Gasteiger partial charge is 0.377 e. The molecule has 154 valence electrons. The van der Waals surface area contributed by atoms with Gasteiger partial charge in [0.15, 0.2) is 11.8 Å². The molecule has 1 aromatic rings. The maximum Gasteiger partial charge on any atom is 0.191 e. The number of aromatic nitrogens is 3. The molecule has 0 radical (unpaired) electrons. The van der Waals surface area contributed by atoms with Crippen molar-refractivity contribution in [2.45, 2.75) is 57.8 Å². The predicted molar refractivity (Wildman–Crippen MR) is 118 cm³/mol. The fourth-order valence-electron chi connectivity index (χ4n) is 3.58. The summed E-state index contributed by atoms with van der Waals surface area (Å²) in [6.07, 6.45) is 4.64. The summed E-state index contributed by atoms with van der Waals surface area (Å²) >= 11 is 0. The van der Waals surface area contributed by atoms with Gasteiger partial charge in [-0.05, 0) is 46.2 Å². The maximum absolute atomic E-state index is 5.14. The molecule has 0 bridgehead atoms. The summed E-state index contributed by atoms with van der Waals surface area (Å²) in [5.41, 5.74) is 0. The Kier molecular flexibility index (Phi) is 8.74. The van der Waals surface area contributed by atoms with Gasteiger partial charge in [0, 0.05) is 32.2 Å². The molecule has 0 spiro atoms. The third kappa shape index (κ3) is 6.28. The molecule has 1 fully saturated rings.